The highest BCUT2D eigenvalue weighted by Gasteiger charge is 2.32. The van der Waals surface area contributed by atoms with E-state index in [1.807, 2.05) is 38.1 Å². The summed E-state index contributed by atoms with van der Waals surface area (Å²) in [5.41, 5.74) is 2.65. The molecule has 10 heteroatoms. The van der Waals surface area contributed by atoms with Gasteiger partial charge in [0.1, 0.15) is 5.60 Å². The lowest BCUT2D eigenvalue weighted by atomic mass is 10.0. The molecule has 0 aliphatic carbocycles. The highest BCUT2D eigenvalue weighted by Crippen LogP contribution is 2.41. The van der Waals surface area contributed by atoms with Gasteiger partial charge in [0.2, 0.25) is 10.0 Å². The summed E-state index contributed by atoms with van der Waals surface area (Å²) in [6, 6.07) is 9.32. The quantitative estimate of drug-likeness (QED) is 0.559. The van der Waals surface area contributed by atoms with Crippen LogP contribution in [0.5, 0.6) is 23.0 Å². The Morgan fingerprint density at radius 1 is 1.09 bits per heavy atom. The second kappa shape index (κ2) is 9.94. The Morgan fingerprint density at radius 3 is 2.51 bits per heavy atom. The number of amides is 1. The molecule has 0 bridgehead atoms. The van der Waals surface area contributed by atoms with Gasteiger partial charge in [-0.25, -0.2) is 8.42 Å². The van der Waals surface area contributed by atoms with Gasteiger partial charge in [0.05, 0.1) is 20.0 Å². The largest absolute Gasteiger partial charge is 0.493 e. The van der Waals surface area contributed by atoms with Crippen LogP contribution in [-0.4, -0.2) is 63.9 Å². The first-order valence-electron chi connectivity index (χ1n) is 11.5. The first-order chi connectivity index (χ1) is 16.6. The number of hydrogen-bond acceptors (Lipinski definition) is 7. The first-order valence-corrected chi connectivity index (χ1v) is 13.1. The van der Waals surface area contributed by atoms with E-state index >= 15 is 0 Å². The molecule has 190 valence electrons. The molecule has 1 N–H and O–H groups in total. The Hall–Kier alpha value is -2.98. The van der Waals surface area contributed by atoms with E-state index in [4.69, 9.17) is 18.9 Å². The van der Waals surface area contributed by atoms with Crippen LogP contribution in [0.2, 0.25) is 0 Å². The standard InChI is InChI=1S/C25H32N2O7S/c1-25(2)14-18-6-5-7-20(24(18)34-25)33-16-23(28)26-9-11-35(29,30)27-10-8-17-12-21(31-3)22(32-4)13-19(17)15-27/h5-7,12-13H,8-11,14-16H2,1-4H3,(H,26,28). The van der Waals surface area contributed by atoms with E-state index in [1.54, 1.807) is 20.3 Å². The predicted octanol–water partition coefficient (Wildman–Crippen LogP) is 2.30. The van der Waals surface area contributed by atoms with Crippen LogP contribution in [-0.2, 0) is 34.2 Å². The van der Waals surface area contributed by atoms with Crippen LogP contribution >= 0.6 is 0 Å². The highest BCUT2D eigenvalue weighted by atomic mass is 32.2. The lowest BCUT2D eigenvalue weighted by Crippen LogP contribution is -2.41. The third kappa shape index (κ3) is 5.65. The van der Waals surface area contributed by atoms with Crippen molar-refractivity contribution in [1.29, 1.82) is 0 Å². The second-order valence-corrected chi connectivity index (χ2v) is 11.4. The molecule has 0 saturated heterocycles. The Labute approximate surface area is 206 Å². The van der Waals surface area contributed by atoms with Gasteiger partial charge in [-0.2, -0.15) is 4.31 Å². The molecule has 0 aromatic heterocycles. The summed E-state index contributed by atoms with van der Waals surface area (Å²) in [6.07, 6.45) is 1.35. The molecule has 2 aromatic carbocycles. The van der Waals surface area contributed by atoms with Crippen LogP contribution < -0.4 is 24.3 Å². The number of carbonyl (C=O) groups is 1. The van der Waals surface area contributed by atoms with Gasteiger partial charge in [0, 0.05) is 31.6 Å². The maximum atomic E-state index is 12.9. The summed E-state index contributed by atoms with van der Waals surface area (Å²) in [5, 5.41) is 2.64. The molecule has 9 nitrogen and oxygen atoms in total. The van der Waals surface area contributed by atoms with E-state index in [-0.39, 0.29) is 31.1 Å². The van der Waals surface area contributed by atoms with E-state index in [0.717, 1.165) is 23.1 Å². The van der Waals surface area contributed by atoms with Gasteiger partial charge < -0.3 is 24.3 Å². The van der Waals surface area contributed by atoms with Gasteiger partial charge in [-0.1, -0.05) is 12.1 Å². The van der Waals surface area contributed by atoms with Crippen molar-refractivity contribution >= 4 is 15.9 Å². The number of hydrogen-bond donors (Lipinski definition) is 1. The van der Waals surface area contributed by atoms with Crippen molar-refractivity contribution in [3.63, 3.8) is 0 Å². The molecule has 0 atom stereocenters. The first kappa shape index (κ1) is 25.1. The average Bonchev–Trinajstić information content (AvgIpc) is 3.15. The second-order valence-electron chi connectivity index (χ2n) is 9.30. The molecule has 0 spiro atoms. The number of nitrogens with zero attached hydrogens (tertiary/aromatic N) is 1. The van der Waals surface area contributed by atoms with E-state index in [0.29, 0.717) is 36.0 Å². The third-order valence-corrected chi connectivity index (χ3v) is 7.99. The molecular formula is C25H32N2O7S. The zero-order chi connectivity index (χ0) is 25.2. The zero-order valence-corrected chi connectivity index (χ0v) is 21.4. The molecule has 2 aliphatic rings. The Balaban J connectivity index is 1.28. The van der Waals surface area contributed by atoms with Gasteiger partial charge in [0.15, 0.2) is 29.6 Å². The number of para-hydroxylation sites is 1. The molecule has 0 saturated carbocycles. The number of sulfonamides is 1. The lowest BCUT2D eigenvalue weighted by Gasteiger charge is -2.29. The monoisotopic (exact) mass is 504 g/mol. The van der Waals surface area contributed by atoms with Gasteiger partial charge >= 0.3 is 0 Å². The fourth-order valence-electron chi connectivity index (χ4n) is 4.44. The predicted molar refractivity (Wildman–Crippen MR) is 131 cm³/mol. The van der Waals surface area contributed by atoms with Crippen molar-refractivity contribution in [2.75, 3.05) is 39.7 Å². The van der Waals surface area contributed by atoms with Crippen molar-refractivity contribution in [2.24, 2.45) is 0 Å². The summed E-state index contributed by atoms with van der Waals surface area (Å²) in [7, 11) is -0.437. The SMILES string of the molecule is COc1cc2c(cc1OC)CN(S(=O)(=O)CCNC(=O)COc1cccc3c1OC(C)(C)C3)CC2. The molecule has 2 aromatic rings. The third-order valence-electron chi connectivity index (χ3n) is 6.17. The van der Waals surface area contributed by atoms with Crippen molar-refractivity contribution in [3.05, 3.63) is 47.0 Å². The number of ether oxygens (including phenoxy) is 4. The fraction of sp³-hybridized carbons (Fsp3) is 0.480. The summed E-state index contributed by atoms with van der Waals surface area (Å²) >= 11 is 0. The summed E-state index contributed by atoms with van der Waals surface area (Å²) in [5.74, 6) is 1.77. The van der Waals surface area contributed by atoms with Crippen LogP contribution in [0.1, 0.15) is 30.5 Å². The van der Waals surface area contributed by atoms with Crippen LogP contribution in [0.3, 0.4) is 0 Å². The van der Waals surface area contributed by atoms with Gasteiger partial charge in [-0.05, 0) is 49.6 Å². The molecule has 0 unspecified atom stereocenters. The van der Waals surface area contributed by atoms with Crippen molar-refractivity contribution < 1.29 is 32.2 Å². The van der Waals surface area contributed by atoms with Crippen LogP contribution in [0.15, 0.2) is 30.3 Å². The van der Waals surface area contributed by atoms with E-state index < -0.39 is 15.9 Å². The molecular weight excluding hydrogens is 472 g/mol. The van der Waals surface area contributed by atoms with Gasteiger partial charge in [0.25, 0.3) is 5.91 Å². The fourth-order valence-corrected chi connectivity index (χ4v) is 5.76. The minimum absolute atomic E-state index is 0.00372. The summed E-state index contributed by atoms with van der Waals surface area (Å²) in [6.45, 7) is 4.40. The Kier molecular flexibility index (Phi) is 7.14. The number of methoxy groups -OCH3 is 2. The Bertz CT molecular complexity index is 1210. The van der Waals surface area contributed by atoms with E-state index in [9.17, 15) is 13.2 Å². The number of fused-ring (bicyclic) bond motifs is 2. The number of benzene rings is 2. The summed E-state index contributed by atoms with van der Waals surface area (Å²) < 4.78 is 49.5. The lowest BCUT2D eigenvalue weighted by molar-refractivity contribution is -0.122. The molecule has 0 fully saturated rings. The van der Waals surface area contributed by atoms with Gasteiger partial charge in [-0.3, -0.25) is 4.79 Å². The summed E-state index contributed by atoms with van der Waals surface area (Å²) in [4.78, 5) is 12.3. The van der Waals surface area contributed by atoms with Crippen molar-refractivity contribution in [1.82, 2.24) is 9.62 Å². The maximum Gasteiger partial charge on any atom is 0.257 e. The highest BCUT2D eigenvalue weighted by molar-refractivity contribution is 7.89. The minimum Gasteiger partial charge on any atom is -0.493 e. The number of carbonyl (C=O) groups excluding carboxylic acids is 1. The maximum absolute atomic E-state index is 12.9. The molecule has 1 amide bonds. The molecule has 0 radical (unpaired) electrons. The van der Waals surface area contributed by atoms with Gasteiger partial charge in [-0.15, -0.1) is 0 Å². The topological polar surface area (TPSA) is 103 Å². The van der Waals surface area contributed by atoms with Crippen molar-refractivity contribution in [3.8, 4) is 23.0 Å². The normalized spacial score (nSPS) is 16.6. The van der Waals surface area contributed by atoms with E-state index in [2.05, 4.69) is 5.32 Å². The molecule has 2 aliphatic heterocycles. The van der Waals surface area contributed by atoms with E-state index in [1.165, 1.54) is 4.31 Å². The average molecular weight is 505 g/mol. The molecule has 2 heterocycles. The van der Waals surface area contributed by atoms with Crippen LogP contribution in [0.4, 0.5) is 0 Å². The van der Waals surface area contributed by atoms with Crippen molar-refractivity contribution in [2.45, 2.75) is 38.8 Å². The molecule has 4 rings (SSSR count). The number of nitrogens with one attached hydrogen (secondary N) is 1. The zero-order valence-electron chi connectivity index (χ0n) is 20.5. The molecule has 35 heavy (non-hydrogen) atoms. The minimum atomic E-state index is -3.56. The van der Waals surface area contributed by atoms with Crippen LogP contribution in [0, 0.1) is 0 Å². The number of rotatable bonds is 9. The smallest absolute Gasteiger partial charge is 0.257 e. The van der Waals surface area contributed by atoms with Crippen LogP contribution in [0.25, 0.3) is 0 Å². The Morgan fingerprint density at radius 2 is 1.80 bits per heavy atom.